The van der Waals surface area contributed by atoms with Crippen LogP contribution in [0.25, 0.3) is 10.8 Å². The van der Waals surface area contributed by atoms with E-state index in [-0.39, 0.29) is 0 Å². The summed E-state index contributed by atoms with van der Waals surface area (Å²) in [6.45, 7) is 12.4. The van der Waals surface area contributed by atoms with E-state index < -0.39 is 0 Å². The van der Waals surface area contributed by atoms with Gasteiger partial charge in [-0.25, -0.2) is 0 Å². The highest BCUT2D eigenvalue weighted by Gasteiger charge is 2.08. The van der Waals surface area contributed by atoms with Gasteiger partial charge in [0.15, 0.2) is 0 Å². The van der Waals surface area contributed by atoms with Crippen molar-refractivity contribution in [1.82, 2.24) is 9.88 Å². The average Bonchev–Trinajstić information content (AvgIpc) is 2.50. The number of nitrogens with zero attached hydrogens (tertiary/aromatic N) is 2. The minimum Gasteiger partial charge on any atom is -0.303 e. The van der Waals surface area contributed by atoms with Crippen molar-refractivity contribution in [3.05, 3.63) is 41.7 Å². The highest BCUT2D eigenvalue weighted by molar-refractivity contribution is 5.85. The first-order chi connectivity index (χ1) is 10.2. The van der Waals surface area contributed by atoms with Crippen LogP contribution in [0.1, 0.15) is 51.3 Å². The van der Waals surface area contributed by atoms with Gasteiger partial charge in [0, 0.05) is 18.1 Å². The van der Waals surface area contributed by atoms with Crippen molar-refractivity contribution < 1.29 is 0 Å². The molecule has 114 valence electrons. The smallest absolute Gasteiger partial charge is 0.0507 e. The summed E-state index contributed by atoms with van der Waals surface area (Å²) in [4.78, 5) is 7.10. The summed E-state index contributed by atoms with van der Waals surface area (Å²) in [5.74, 6) is 0.469. The minimum absolute atomic E-state index is 0.469. The molecule has 0 saturated heterocycles. The first kappa shape index (κ1) is 16.0. The van der Waals surface area contributed by atoms with E-state index in [2.05, 4.69) is 61.8 Å². The lowest BCUT2D eigenvalue weighted by atomic mass is 9.99. The van der Waals surface area contributed by atoms with Crippen LogP contribution in [0.15, 0.2) is 30.5 Å². The van der Waals surface area contributed by atoms with Crippen LogP contribution < -0.4 is 0 Å². The topological polar surface area (TPSA) is 16.1 Å². The highest BCUT2D eigenvalue weighted by Crippen LogP contribution is 2.24. The fourth-order valence-corrected chi connectivity index (χ4v) is 2.89. The Labute approximate surface area is 129 Å². The summed E-state index contributed by atoms with van der Waals surface area (Å²) in [7, 11) is 0. The molecule has 0 radical (unpaired) electrons. The monoisotopic (exact) mass is 284 g/mol. The number of aromatic nitrogens is 1. The molecular weight excluding hydrogens is 256 g/mol. The minimum atomic E-state index is 0.469. The molecule has 21 heavy (non-hydrogen) atoms. The number of hydrogen-bond acceptors (Lipinski definition) is 2. The molecule has 0 fully saturated rings. The maximum atomic E-state index is 4.58. The van der Waals surface area contributed by atoms with Crippen molar-refractivity contribution >= 4 is 10.8 Å². The molecule has 2 nitrogen and oxygen atoms in total. The molecule has 2 rings (SSSR count). The van der Waals surface area contributed by atoms with Crippen molar-refractivity contribution in [3.63, 3.8) is 0 Å². The number of likely N-dealkylation sites (N-methyl/N-ethyl adjacent to an activating group) is 1. The van der Waals surface area contributed by atoms with E-state index in [9.17, 15) is 0 Å². The van der Waals surface area contributed by atoms with Crippen LogP contribution in [0.2, 0.25) is 0 Å². The third kappa shape index (κ3) is 4.04. The molecule has 2 aromatic rings. The Morgan fingerprint density at radius 3 is 2.57 bits per heavy atom. The van der Waals surface area contributed by atoms with Gasteiger partial charge in [0.2, 0.25) is 0 Å². The Hall–Kier alpha value is -1.41. The van der Waals surface area contributed by atoms with Gasteiger partial charge >= 0.3 is 0 Å². The molecular formula is C19H28N2. The first-order valence-corrected chi connectivity index (χ1v) is 8.25. The van der Waals surface area contributed by atoms with Gasteiger partial charge in [0.1, 0.15) is 0 Å². The van der Waals surface area contributed by atoms with Crippen molar-refractivity contribution in [2.45, 2.75) is 46.5 Å². The lowest BCUT2D eigenvalue weighted by molar-refractivity contribution is 0.292. The summed E-state index contributed by atoms with van der Waals surface area (Å²) < 4.78 is 0. The zero-order chi connectivity index (χ0) is 15.2. The van der Waals surface area contributed by atoms with E-state index in [0.717, 1.165) is 19.5 Å². The predicted octanol–water partition coefficient (Wildman–Crippen LogP) is 4.63. The third-order valence-electron chi connectivity index (χ3n) is 4.11. The number of hydrogen-bond donors (Lipinski definition) is 0. The Balaban J connectivity index is 2.20. The van der Waals surface area contributed by atoms with E-state index in [0.29, 0.717) is 5.92 Å². The standard InChI is InChI=1S/C19H28N2/c1-5-12-21(6-2)13-10-16-7-8-17-9-11-20-19(15(3)4)18(17)14-16/h7-9,11,14-15H,5-6,10,12-13H2,1-4H3. The van der Waals surface area contributed by atoms with Crippen LogP contribution in [-0.2, 0) is 6.42 Å². The molecule has 0 N–H and O–H groups in total. The number of benzene rings is 1. The largest absolute Gasteiger partial charge is 0.303 e. The fourth-order valence-electron chi connectivity index (χ4n) is 2.89. The Morgan fingerprint density at radius 1 is 1.10 bits per heavy atom. The molecule has 0 spiro atoms. The summed E-state index contributed by atoms with van der Waals surface area (Å²) in [5, 5.41) is 2.63. The molecule has 1 aromatic heterocycles. The molecule has 2 heteroatoms. The van der Waals surface area contributed by atoms with E-state index in [1.54, 1.807) is 0 Å². The summed E-state index contributed by atoms with van der Waals surface area (Å²) in [6, 6.07) is 8.97. The zero-order valence-electron chi connectivity index (χ0n) is 13.9. The molecule has 0 amide bonds. The van der Waals surface area contributed by atoms with Crippen molar-refractivity contribution in [2.75, 3.05) is 19.6 Å². The second-order valence-corrected chi connectivity index (χ2v) is 6.09. The van der Waals surface area contributed by atoms with Gasteiger partial charge < -0.3 is 4.90 Å². The van der Waals surface area contributed by atoms with Gasteiger partial charge in [0.05, 0.1) is 5.69 Å². The molecule has 1 heterocycles. The van der Waals surface area contributed by atoms with Gasteiger partial charge in [-0.05, 0) is 54.9 Å². The summed E-state index contributed by atoms with van der Waals surface area (Å²) >= 11 is 0. The van der Waals surface area contributed by atoms with Gasteiger partial charge in [-0.15, -0.1) is 0 Å². The molecule has 0 aliphatic rings. The summed E-state index contributed by atoms with van der Waals surface area (Å²) in [6.07, 6.45) is 4.28. The highest BCUT2D eigenvalue weighted by atomic mass is 15.1. The normalized spacial score (nSPS) is 11.7. The predicted molar refractivity (Wildman–Crippen MR) is 91.9 cm³/mol. The van der Waals surface area contributed by atoms with Crippen LogP contribution in [0, 0.1) is 0 Å². The quantitative estimate of drug-likeness (QED) is 0.736. The Kier molecular flexibility index (Phi) is 5.75. The molecule has 0 unspecified atom stereocenters. The van der Waals surface area contributed by atoms with E-state index in [1.807, 2.05) is 6.20 Å². The fraction of sp³-hybridized carbons (Fsp3) is 0.526. The van der Waals surface area contributed by atoms with Gasteiger partial charge in [0.25, 0.3) is 0 Å². The molecule has 0 bridgehead atoms. The SMILES string of the molecule is CCCN(CC)CCc1ccc2ccnc(C(C)C)c2c1. The lowest BCUT2D eigenvalue weighted by Crippen LogP contribution is -2.26. The van der Waals surface area contributed by atoms with Gasteiger partial charge in [-0.2, -0.15) is 0 Å². The van der Waals surface area contributed by atoms with Crippen LogP contribution in [0.5, 0.6) is 0 Å². The number of fused-ring (bicyclic) bond motifs is 1. The lowest BCUT2D eigenvalue weighted by Gasteiger charge is -2.19. The van der Waals surface area contributed by atoms with Gasteiger partial charge in [-0.3, -0.25) is 4.98 Å². The van der Waals surface area contributed by atoms with Crippen molar-refractivity contribution in [1.29, 1.82) is 0 Å². The molecule has 1 aromatic carbocycles. The van der Waals surface area contributed by atoms with E-state index >= 15 is 0 Å². The van der Waals surface area contributed by atoms with Crippen LogP contribution in [0.3, 0.4) is 0 Å². The van der Waals surface area contributed by atoms with E-state index in [4.69, 9.17) is 0 Å². The number of rotatable bonds is 7. The molecule has 0 atom stereocenters. The van der Waals surface area contributed by atoms with Gasteiger partial charge in [-0.1, -0.05) is 39.8 Å². The Bertz CT molecular complexity index is 575. The zero-order valence-corrected chi connectivity index (χ0v) is 13.9. The first-order valence-electron chi connectivity index (χ1n) is 8.25. The molecule has 0 aliphatic heterocycles. The van der Waals surface area contributed by atoms with Crippen LogP contribution >= 0.6 is 0 Å². The second kappa shape index (κ2) is 7.56. The van der Waals surface area contributed by atoms with Crippen LogP contribution in [0.4, 0.5) is 0 Å². The average molecular weight is 284 g/mol. The second-order valence-electron chi connectivity index (χ2n) is 6.09. The summed E-state index contributed by atoms with van der Waals surface area (Å²) in [5.41, 5.74) is 2.64. The van der Waals surface area contributed by atoms with Crippen molar-refractivity contribution in [2.24, 2.45) is 0 Å². The van der Waals surface area contributed by atoms with E-state index in [1.165, 1.54) is 35.0 Å². The third-order valence-corrected chi connectivity index (χ3v) is 4.11. The van der Waals surface area contributed by atoms with Crippen molar-refractivity contribution in [3.8, 4) is 0 Å². The maximum Gasteiger partial charge on any atom is 0.0507 e. The molecule has 0 aliphatic carbocycles. The Morgan fingerprint density at radius 2 is 1.90 bits per heavy atom. The molecule has 0 saturated carbocycles. The maximum absolute atomic E-state index is 4.58. The van der Waals surface area contributed by atoms with Crippen LogP contribution in [-0.4, -0.2) is 29.5 Å². The number of pyridine rings is 1.